The smallest absolute Gasteiger partial charge is 0.308 e. The Kier molecular flexibility index (Phi) is 6.04. The Bertz CT molecular complexity index is 897. The van der Waals surface area contributed by atoms with Crippen LogP contribution in [0.1, 0.15) is 6.42 Å². The van der Waals surface area contributed by atoms with Crippen LogP contribution in [-0.4, -0.2) is 61.4 Å². The van der Waals surface area contributed by atoms with Gasteiger partial charge in [-0.1, -0.05) is 18.2 Å². The van der Waals surface area contributed by atoms with Gasteiger partial charge in [0.1, 0.15) is 0 Å². The van der Waals surface area contributed by atoms with E-state index in [-0.39, 0.29) is 19.1 Å². The van der Waals surface area contributed by atoms with Gasteiger partial charge in [-0.05, 0) is 24.3 Å². The van der Waals surface area contributed by atoms with Crippen molar-refractivity contribution in [2.24, 2.45) is 5.92 Å². The van der Waals surface area contributed by atoms with E-state index in [0.717, 1.165) is 26.2 Å². The molecule has 8 heteroatoms. The molecular formula is C22H25N3O5. The van der Waals surface area contributed by atoms with Gasteiger partial charge in [-0.15, -0.1) is 0 Å². The maximum absolute atomic E-state index is 12.4. The highest BCUT2D eigenvalue weighted by Gasteiger charge is 2.27. The molecule has 1 fully saturated rings. The number of carbonyl (C=O) groups excluding carboxylic acids is 1. The Morgan fingerprint density at radius 3 is 2.47 bits per heavy atom. The van der Waals surface area contributed by atoms with Crippen molar-refractivity contribution in [3.63, 3.8) is 0 Å². The number of carbonyl (C=O) groups is 2. The number of aliphatic carboxylic acids is 1. The van der Waals surface area contributed by atoms with Crippen LogP contribution in [0.4, 0.5) is 11.4 Å². The van der Waals surface area contributed by atoms with Gasteiger partial charge in [-0.25, -0.2) is 0 Å². The largest absolute Gasteiger partial charge is 0.481 e. The average Bonchev–Trinajstić information content (AvgIpc) is 3.22. The highest BCUT2D eigenvalue weighted by Crippen LogP contribution is 2.34. The van der Waals surface area contributed by atoms with Gasteiger partial charge in [-0.2, -0.15) is 0 Å². The van der Waals surface area contributed by atoms with Crippen LogP contribution >= 0.6 is 0 Å². The maximum atomic E-state index is 12.4. The van der Waals surface area contributed by atoms with E-state index >= 15 is 0 Å². The molecule has 158 valence electrons. The van der Waals surface area contributed by atoms with Gasteiger partial charge < -0.3 is 24.8 Å². The molecule has 0 aromatic heterocycles. The molecule has 1 atom stereocenters. The Morgan fingerprint density at radius 1 is 1.00 bits per heavy atom. The van der Waals surface area contributed by atoms with Gasteiger partial charge in [0, 0.05) is 56.6 Å². The van der Waals surface area contributed by atoms with Crippen LogP contribution in [0.3, 0.4) is 0 Å². The lowest BCUT2D eigenvalue weighted by molar-refractivity contribution is -0.144. The number of fused-ring (bicyclic) bond motifs is 1. The van der Waals surface area contributed by atoms with E-state index in [0.29, 0.717) is 23.7 Å². The molecule has 4 rings (SSSR count). The molecule has 0 aliphatic carbocycles. The number of carboxylic acid groups (broad SMARTS) is 1. The van der Waals surface area contributed by atoms with Crippen molar-refractivity contribution in [3.8, 4) is 11.5 Å². The Labute approximate surface area is 175 Å². The fourth-order valence-electron chi connectivity index (χ4n) is 3.78. The quantitative estimate of drug-likeness (QED) is 0.722. The number of piperazine rings is 1. The zero-order valence-corrected chi connectivity index (χ0v) is 16.6. The first-order valence-electron chi connectivity index (χ1n) is 10.0. The second kappa shape index (κ2) is 9.04. The summed E-state index contributed by atoms with van der Waals surface area (Å²) in [6, 6.07) is 15.3. The molecule has 2 N–H and O–H groups in total. The molecular weight excluding hydrogens is 386 g/mol. The first kappa shape index (κ1) is 20.0. The van der Waals surface area contributed by atoms with E-state index in [2.05, 4.69) is 27.2 Å². The minimum absolute atomic E-state index is 0.0807. The van der Waals surface area contributed by atoms with Gasteiger partial charge in [0.2, 0.25) is 12.7 Å². The lowest BCUT2D eigenvalue weighted by Crippen LogP contribution is -2.48. The van der Waals surface area contributed by atoms with Gasteiger partial charge in [0.15, 0.2) is 11.5 Å². The molecule has 2 aliphatic heterocycles. The zero-order chi connectivity index (χ0) is 20.9. The number of benzene rings is 2. The van der Waals surface area contributed by atoms with Crippen molar-refractivity contribution in [3.05, 3.63) is 48.5 Å². The van der Waals surface area contributed by atoms with Gasteiger partial charge in [0.25, 0.3) is 0 Å². The molecule has 2 heterocycles. The Balaban J connectivity index is 1.29. The van der Waals surface area contributed by atoms with E-state index in [1.807, 2.05) is 18.2 Å². The van der Waals surface area contributed by atoms with Gasteiger partial charge in [0.05, 0.1) is 5.92 Å². The molecule has 30 heavy (non-hydrogen) atoms. The predicted molar refractivity (Wildman–Crippen MR) is 112 cm³/mol. The summed E-state index contributed by atoms with van der Waals surface area (Å²) >= 11 is 0. The Morgan fingerprint density at radius 2 is 1.73 bits per heavy atom. The second-order valence-corrected chi connectivity index (χ2v) is 7.48. The molecule has 1 amide bonds. The summed E-state index contributed by atoms with van der Waals surface area (Å²) in [5.41, 5.74) is 1.74. The fourth-order valence-corrected chi connectivity index (χ4v) is 3.78. The zero-order valence-electron chi connectivity index (χ0n) is 16.6. The van der Waals surface area contributed by atoms with Crippen molar-refractivity contribution in [1.82, 2.24) is 4.90 Å². The lowest BCUT2D eigenvalue weighted by Gasteiger charge is -2.37. The number of anilines is 2. The van der Waals surface area contributed by atoms with Crippen molar-refractivity contribution in [2.45, 2.75) is 6.42 Å². The maximum Gasteiger partial charge on any atom is 0.308 e. The molecule has 1 saturated heterocycles. The average molecular weight is 411 g/mol. The number of hydrogen-bond donors (Lipinski definition) is 2. The number of hydrogen-bond acceptors (Lipinski definition) is 6. The number of carboxylic acids is 1. The highest BCUT2D eigenvalue weighted by atomic mass is 16.7. The minimum Gasteiger partial charge on any atom is -0.481 e. The van der Waals surface area contributed by atoms with Crippen LogP contribution in [0.15, 0.2) is 48.5 Å². The SMILES string of the molecule is O=C(C[C@@H](CN1CCN(c2ccccc2)CC1)C(=O)O)Nc1ccc2c(c1)OCO2. The molecule has 2 aliphatic rings. The molecule has 0 spiro atoms. The number of ether oxygens (including phenoxy) is 2. The summed E-state index contributed by atoms with van der Waals surface area (Å²) < 4.78 is 10.6. The normalized spacial score (nSPS) is 16.9. The molecule has 0 unspecified atom stereocenters. The van der Waals surface area contributed by atoms with E-state index in [4.69, 9.17) is 9.47 Å². The first-order valence-corrected chi connectivity index (χ1v) is 10.0. The van der Waals surface area contributed by atoms with E-state index in [1.165, 1.54) is 5.69 Å². The monoisotopic (exact) mass is 411 g/mol. The molecule has 0 radical (unpaired) electrons. The summed E-state index contributed by atoms with van der Waals surface area (Å²) in [7, 11) is 0. The number of nitrogens with one attached hydrogen (secondary N) is 1. The van der Waals surface area contributed by atoms with Crippen LogP contribution < -0.4 is 19.7 Å². The van der Waals surface area contributed by atoms with Crippen molar-refractivity contribution < 1.29 is 24.2 Å². The van der Waals surface area contributed by atoms with Crippen LogP contribution in [0, 0.1) is 5.92 Å². The van der Waals surface area contributed by atoms with E-state index in [1.54, 1.807) is 18.2 Å². The molecule has 0 bridgehead atoms. The van der Waals surface area contributed by atoms with Crippen molar-refractivity contribution >= 4 is 23.3 Å². The van der Waals surface area contributed by atoms with Crippen molar-refractivity contribution in [1.29, 1.82) is 0 Å². The fraction of sp³-hybridized carbons (Fsp3) is 0.364. The molecule has 2 aromatic carbocycles. The molecule has 8 nitrogen and oxygen atoms in total. The summed E-state index contributed by atoms with van der Waals surface area (Å²) in [5, 5.41) is 12.4. The standard InChI is InChI=1S/C22H25N3O5/c26-21(23-17-6-7-19-20(13-17)30-15-29-19)12-16(22(27)28)14-24-8-10-25(11-9-24)18-4-2-1-3-5-18/h1-7,13,16H,8-12,14-15H2,(H,23,26)(H,27,28)/t16-/m0/s1. The summed E-state index contributed by atoms with van der Waals surface area (Å²) in [6.45, 7) is 3.71. The summed E-state index contributed by atoms with van der Waals surface area (Å²) in [4.78, 5) is 28.6. The van der Waals surface area contributed by atoms with Crippen LogP contribution in [0.2, 0.25) is 0 Å². The third kappa shape index (κ3) is 4.83. The summed E-state index contributed by atoms with van der Waals surface area (Å²) in [5.74, 6) is -0.849. The first-order chi connectivity index (χ1) is 14.6. The molecule has 0 saturated carbocycles. The topological polar surface area (TPSA) is 91.3 Å². The van der Waals surface area contributed by atoms with Crippen LogP contribution in [0.5, 0.6) is 11.5 Å². The second-order valence-electron chi connectivity index (χ2n) is 7.48. The Hall–Kier alpha value is -3.26. The van der Waals surface area contributed by atoms with Gasteiger partial charge in [-0.3, -0.25) is 14.5 Å². The lowest BCUT2D eigenvalue weighted by atomic mass is 10.0. The number of amides is 1. The van der Waals surface area contributed by atoms with E-state index < -0.39 is 11.9 Å². The summed E-state index contributed by atoms with van der Waals surface area (Å²) in [6.07, 6.45) is -0.0807. The minimum atomic E-state index is -0.957. The third-order valence-electron chi connectivity index (χ3n) is 5.41. The van der Waals surface area contributed by atoms with Gasteiger partial charge >= 0.3 is 5.97 Å². The highest BCUT2D eigenvalue weighted by molar-refractivity contribution is 5.93. The van der Waals surface area contributed by atoms with Crippen molar-refractivity contribution in [2.75, 3.05) is 49.7 Å². The third-order valence-corrected chi connectivity index (χ3v) is 5.41. The van der Waals surface area contributed by atoms with E-state index in [9.17, 15) is 14.7 Å². The predicted octanol–water partition coefficient (Wildman–Crippen LogP) is 2.27. The number of nitrogens with zero attached hydrogens (tertiary/aromatic N) is 2. The van der Waals surface area contributed by atoms with Crippen LogP contribution in [-0.2, 0) is 9.59 Å². The number of rotatable bonds is 7. The number of para-hydroxylation sites is 1. The molecule has 2 aromatic rings. The van der Waals surface area contributed by atoms with Crippen LogP contribution in [0.25, 0.3) is 0 Å².